The third kappa shape index (κ3) is 3.97. The molecule has 0 fully saturated rings. The summed E-state index contributed by atoms with van der Waals surface area (Å²) in [5.74, 6) is 0.0825. The standard InChI is InChI=1S/C20H24O2/c1-4-22-20(21)18-12-8-11-17(19(18)15(2)3)14-13-16-9-6-5-7-10-16/h5-12,15H,4,13-14H2,1-3H3. The van der Waals surface area contributed by atoms with Crippen LogP contribution in [0.4, 0.5) is 0 Å². The molecule has 2 aromatic carbocycles. The summed E-state index contributed by atoms with van der Waals surface area (Å²) >= 11 is 0. The maximum Gasteiger partial charge on any atom is 0.338 e. The number of rotatable bonds is 6. The molecule has 0 heterocycles. The van der Waals surface area contributed by atoms with Gasteiger partial charge < -0.3 is 4.74 Å². The van der Waals surface area contributed by atoms with E-state index in [9.17, 15) is 4.79 Å². The van der Waals surface area contributed by atoms with E-state index in [1.54, 1.807) is 0 Å². The fraction of sp³-hybridized carbons (Fsp3) is 0.350. The van der Waals surface area contributed by atoms with E-state index in [0.717, 1.165) is 18.4 Å². The molecular weight excluding hydrogens is 272 g/mol. The summed E-state index contributed by atoms with van der Waals surface area (Å²) in [5.41, 5.74) is 4.39. The highest BCUT2D eigenvalue weighted by Crippen LogP contribution is 2.26. The van der Waals surface area contributed by atoms with Crippen molar-refractivity contribution in [2.45, 2.75) is 39.5 Å². The first-order valence-corrected chi connectivity index (χ1v) is 7.96. The molecule has 0 atom stereocenters. The Morgan fingerprint density at radius 2 is 1.73 bits per heavy atom. The van der Waals surface area contributed by atoms with Gasteiger partial charge in [0.25, 0.3) is 0 Å². The van der Waals surface area contributed by atoms with Crippen molar-refractivity contribution in [3.63, 3.8) is 0 Å². The number of hydrogen-bond donors (Lipinski definition) is 0. The second-order valence-electron chi connectivity index (χ2n) is 5.74. The summed E-state index contributed by atoms with van der Waals surface area (Å²) in [6.45, 7) is 6.50. The topological polar surface area (TPSA) is 26.3 Å². The van der Waals surface area contributed by atoms with Crippen LogP contribution in [0.15, 0.2) is 48.5 Å². The van der Waals surface area contributed by atoms with Gasteiger partial charge in [0.05, 0.1) is 12.2 Å². The van der Waals surface area contributed by atoms with Crippen molar-refractivity contribution in [2.75, 3.05) is 6.61 Å². The molecule has 0 saturated carbocycles. The maximum absolute atomic E-state index is 12.2. The second kappa shape index (κ2) is 7.79. The number of carbonyl (C=O) groups excluding carboxylic acids is 1. The van der Waals surface area contributed by atoms with Gasteiger partial charge in [-0.05, 0) is 48.4 Å². The van der Waals surface area contributed by atoms with Crippen molar-refractivity contribution in [3.05, 3.63) is 70.8 Å². The van der Waals surface area contributed by atoms with Gasteiger partial charge in [-0.2, -0.15) is 0 Å². The summed E-state index contributed by atoms with van der Waals surface area (Å²) in [6, 6.07) is 16.4. The van der Waals surface area contributed by atoms with Gasteiger partial charge in [-0.25, -0.2) is 4.79 Å². The Morgan fingerprint density at radius 3 is 2.36 bits per heavy atom. The summed E-state index contributed by atoms with van der Waals surface area (Å²) in [6.07, 6.45) is 1.91. The Morgan fingerprint density at radius 1 is 1.00 bits per heavy atom. The van der Waals surface area contributed by atoms with Gasteiger partial charge in [0.2, 0.25) is 0 Å². The van der Waals surface area contributed by atoms with E-state index in [2.05, 4.69) is 44.2 Å². The van der Waals surface area contributed by atoms with E-state index in [1.807, 2.05) is 25.1 Å². The maximum atomic E-state index is 12.2. The van der Waals surface area contributed by atoms with Crippen LogP contribution < -0.4 is 0 Å². The first-order valence-electron chi connectivity index (χ1n) is 7.96. The molecule has 0 aliphatic rings. The van der Waals surface area contributed by atoms with Crippen LogP contribution >= 0.6 is 0 Å². The normalized spacial score (nSPS) is 10.7. The lowest BCUT2D eigenvalue weighted by molar-refractivity contribution is 0.0524. The number of benzene rings is 2. The number of carbonyl (C=O) groups is 1. The van der Waals surface area contributed by atoms with Crippen LogP contribution in [0.25, 0.3) is 0 Å². The van der Waals surface area contributed by atoms with Crippen LogP contribution in [-0.2, 0) is 17.6 Å². The highest BCUT2D eigenvalue weighted by Gasteiger charge is 2.18. The first-order chi connectivity index (χ1) is 10.6. The van der Waals surface area contributed by atoms with Gasteiger partial charge in [0.1, 0.15) is 0 Å². The molecule has 116 valence electrons. The highest BCUT2D eigenvalue weighted by molar-refractivity contribution is 5.91. The van der Waals surface area contributed by atoms with Gasteiger partial charge in [-0.3, -0.25) is 0 Å². The van der Waals surface area contributed by atoms with Gasteiger partial charge >= 0.3 is 5.97 Å². The fourth-order valence-corrected chi connectivity index (χ4v) is 2.82. The Balaban J connectivity index is 2.27. The number of aryl methyl sites for hydroxylation is 2. The second-order valence-corrected chi connectivity index (χ2v) is 5.74. The van der Waals surface area contributed by atoms with Crippen molar-refractivity contribution in [3.8, 4) is 0 Å². The lowest BCUT2D eigenvalue weighted by Gasteiger charge is -2.17. The SMILES string of the molecule is CCOC(=O)c1cccc(CCc2ccccc2)c1C(C)C. The highest BCUT2D eigenvalue weighted by atomic mass is 16.5. The number of ether oxygens (including phenoxy) is 1. The number of hydrogen-bond acceptors (Lipinski definition) is 2. The largest absolute Gasteiger partial charge is 0.462 e. The van der Waals surface area contributed by atoms with Crippen LogP contribution in [0.2, 0.25) is 0 Å². The van der Waals surface area contributed by atoms with Crippen LogP contribution in [0.3, 0.4) is 0 Å². The monoisotopic (exact) mass is 296 g/mol. The van der Waals surface area contributed by atoms with Crippen LogP contribution in [0.5, 0.6) is 0 Å². The van der Waals surface area contributed by atoms with Gasteiger partial charge in [-0.15, -0.1) is 0 Å². The quantitative estimate of drug-likeness (QED) is 0.718. The zero-order valence-corrected chi connectivity index (χ0v) is 13.6. The molecule has 0 bridgehead atoms. The summed E-state index contributed by atoms with van der Waals surface area (Å²) in [7, 11) is 0. The molecule has 0 aliphatic carbocycles. The molecule has 2 aromatic rings. The third-order valence-corrected chi connectivity index (χ3v) is 3.79. The van der Waals surface area contributed by atoms with Crippen molar-refractivity contribution >= 4 is 5.97 Å². The Kier molecular flexibility index (Phi) is 5.76. The minimum absolute atomic E-state index is 0.215. The first kappa shape index (κ1) is 16.3. The molecule has 0 radical (unpaired) electrons. The molecule has 22 heavy (non-hydrogen) atoms. The summed E-state index contributed by atoms with van der Waals surface area (Å²) in [4.78, 5) is 12.2. The summed E-state index contributed by atoms with van der Waals surface area (Å²) in [5, 5.41) is 0. The lowest BCUT2D eigenvalue weighted by Crippen LogP contribution is -2.11. The van der Waals surface area contributed by atoms with Gasteiger partial charge in [-0.1, -0.05) is 56.3 Å². The van der Waals surface area contributed by atoms with Crippen molar-refractivity contribution < 1.29 is 9.53 Å². The van der Waals surface area contributed by atoms with Crippen molar-refractivity contribution in [2.24, 2.45) is 0 Å². The fourth-order valence-electron chi connectivity index (χ4n) is 2.82. The minimum Gasteiger partial charge on any atom is -0.462 e. The molecule has 0 N–H and O–H groups in total. The molecule has 2 rings (SSSR count). The molecule has 0 spiro atoms. The van der Waals surface area contributed by atoms with E-state index < -0.39 is 0 Å². The van der Waals surface area contributed by atoms with E-state index in [1.165, 1.54) is 11.1 Å². The van der Waals surface area contributed by atoms with E-state index in [0.29, 0.717) is 18.1 Å². The van der Waals surface area contributed by atoms with E-state index >= 15 is 0 Å². The third-order valence-electron chi connectivity index (χ3n) is 3.79. The molecule has 0 aromatic heterocycles. The van der Waals surface area contributed by atoms with Gasteiger partial charge in [0, 0.05) is 0 Å². The van der Waals surface area contributed by atoms with Crippen molar-refractivity contribution in [1.29, 1.82) is 0 Å². The zero-order chi connectivity index (χ0) is 15.9. The molecule has 2 heteroatoms. The smallest absolute Gasteiger partial charge is 0.338 e. The average molecular weight is 296 g/mol. The molecule has 2 nitrogen and oxygen atoms in total. The molecule has 0 aliphatic heterocycles. The minimum atomic E-state index is -0.215. The predicted octanol–water partition coefficient (Wildman–Crippen LogP) is 4.77. The van der Waals surface area contributed by atoms with E-state index in [-0.39, 0.29) is 5.97 Å². The molecule has 0 amide bonds. The average Bonchev–Trinajstić information content (AvgIpc) is 2.53. The van der Waals surface area contributed by atoms with E-state index in [4.69, 9.17) is 4.74 Å². The Hall–Kier alpha value is -2.09. The molecule has 0 unspecified atom stereocenters. The molecular formula is C20H24O2. The predicted molar refractivity (Wildman–Crippen MR) is 90.3 cm³/mol. The summed E-state index contributed by atoms with van der Waals surface area (Å²) < 4.78 is 5.20. The Labute approximate surface area is 133 Å². The number of esters is 1. The zero-order valence-electron chi connectivity index (χ0n) is 13.6. The Bertz CT molecular complexity index is 615. The molecule has 0 saturated heterocycles. The lowest BCUT2D eigenvalue weighted by atomic mass is 9.89. The van der Waals surface area contributed by atoms with Crippen LogP contribution in [0.1, 0.15) is 53.7 Å². The van der Waals surface area contributed by atoms with Gasteiger partial charge in [0.15, 0.2) is 0 Å². The van der Waals surface area contributed by atoms with Crippen LogP contribution in [-0.4, -0.2) is 12.6 Å². The van der Waals surface area contributed by atoms with Crippen molar-refractivity contribution in [1.82, 2.24) is 0 Å². The van der Waals surface area contributed by atoms with Crippen LogP contribution in [0, 0.1) is 0 Å².